The fourth-order valence-electron chi connectivity index (χ4n) is 2.34. The molecule has 134 valence electrons. The summed E-state index contributed by atoms with van der Waals surface area (Å²) >= 11 is 8.25. The van der Waals surface area contributed by atoms with Crippen LogP contribution in [0.15, 0.2) is 66.9 Å². The Morgan fingerprint density at radius 2 is 1.85 bits per heavy atom. The van der Waals surface area contributed by atoms with Gasteiger partial charge >= 0.3 is 0 Å². The highest BCUT2D eigenvalue weighted by Gasteiger charge is 2.05. The molecule has 3 aromatic rings. The van der Waals surface area contributed by atoms with Gasteiger partial charge in [-0.1, -0.05) is 30.3 Å². The van der Waals surface area contributed by atoms with Crippen LogP contribution in [0.2, 0.25) is 0 Å². The summed E-state index contributed by atoms with van der Waals surface area (Å²) in [6, 6.07) is 14.0. The van der Waals surface area contributed by atoms with Crippen LogP contribution in [-0.2, 0) is 6.42 Å². The average Bonchev–Trinajstić information content (AvgIpc) is 2.98. The molecule has 0 saturated carbocycles. The van der Waals surface area contributed by atoms with Crippen molar-refractivity contribution in [3.8, 4) is 5.75 Å². The molecule has 0 aliphatic heterocycles. The van der Waals surface area contributed by atoms with E-state index >= 15 is 0 Å². The lowest BCUT2D eigenvalue weighted by Crippen LogP contribution is -2.13. The van der Waals surface area contributed by atoms with E-state index in [4.69, 9.17) is 4.99 Å². The van der Waals surface area contributed by atoms with E-state index < -0.39 is 0 Å². The van der Waals surface area contributed by atoms with Crippen molar-refractivity contribution in [2.75, 3.05) is 6.54 Å². The molecule has 0 unspecified atom stereocenters. The number of phenols is 1. The second-order valence-corrected chi connectivity index (χ2v) is 8.21. The lowest BCUT2D eigenvalue weighted by Gasteiger charge is -2.03. The predicted octanol–water partition coefficient (Wildman–Crippen LogP) is 5.11. The Bertz CT molecular complexity index is 971. The molecule has 1 heterocycles. The van der Waals surface area contributed by atoms with Gasteiger partial charge in [-0.2, -0.15) is 5.10 Å². The van der Waals surface area contributed by atoms with Crippen molar-refractivity contribution in [3.05, 3.63) is 78.4 Å². The van der Waals surface area contributed by atoms with Crippen LogP contribution in [0.1, 0.15) is 16.8 Å². The molecular formula is C19H17Br2N3OS. The summed E-state index contributed by atoms with van der Waals surface area (Å²) in [6.45, 7) is 2.72. The number of aromatic nitrogens is 1. The Morgan fingerprint density at radius 1 is 1.15 bits per heavy atom. The largest absolute Gasteiger partial charge is 0.506 e. The van der Waals surface area contributed by atoms with Crippen molar-refractivity contribution in [3.63, 3.8) is 0 Å². The van der Waals surface area contributed by atoms with Crippen LogP contribution < -0.4 is 4.80 Å². The molecule has 1 N–H and O–H groups in total. The molecule has 0 fully saturated rings. The fourth-order valence-corrected chi connectivity index (χ4v) is 4.40. The summed E-state index contributed by atoms with van der Waals surface area (Å²) in [5, 5.41) is 16.4. The highest BCUT2D eigenvalue weighted by molar-refractivity contribution is 9.11. The number of hydrogen-bond donors (Lipinski definition) is 1. The summed E-state index contributed by atoms with van der Waals surface area (Å²) < 4.78 is 3.07. The molecule has 0 radical (unpaired) electrons. The number of benzene rings is 2. The Balaban J connectivity index is 1.80. The SMILES string of the molecule is Cc1csc(=NCCc2ccccc2)n1N=Cc1cc(Br)c(O)c(Br)c1. The Hall–Kier alpha value is -1.70. The van der Waals surface area contributed by atoms with E-state index in [9.17, 15) is 5.11 Å². The lowest BCUT2D eigenvalue weighted by molar-refractivity contribution is 0.468. The molecule has 4 nitrogen and oxygen atoms in total. The minimum atomic E-state index is 0.179. The maximum Gasteiger partial charge on any atom is 0.205 e. The third-order valence-corrected chi connectivity index (χ3v) is 5.88. The van der Waals surface area contributed by atoms with Gasteiger partial charge in [0, 0.05) is 11.9 Å². The number of rotatable bonds is 5. The average molecular weight is 495 g/mol. The van der Waals surface area contributed by atoms with E-state index in [1.165, 1.54) is 5.56 Å². The summed E-state index contributed by atoms with van der Waals surface area (Å²) in [4.78, 5) is 5.56. The molecule has 0 spiro atoms. The first-order chi connectivity index (χ1) is 12.5. The highest BCUT2D eigenvalue weighted by Crippen LogP contribution is 2.32. The van der Waals surface area contributed by atoms with E-state index in [0.29, 0.717) is 8.95 Å². The molecule has 0 amide bonds. The van der Waals surface area contributed by atoms with Gasteiger partial charge < -0.3 is 5.11 Å². The van der Waals surface area contributed by atoms with Gasteiger partial charge in [0.25, 0.3) is 0 Å². The van der Waals surface area contributed by atoms with Gasteiger partial charge in [0.1, 0.15) is 5.75 Å². The minimum Gasteiger partial charge on any atom is -0.506 e. The number of halogens is 2. The Morgan fingerprint density at radius 3 is 2.54 bits per heavy atom. The van der Waals surface area contributed by atoms with Gasteiger partial charge in [-0.15, -0.1) is 11.3 Å². The van der Waals surface area contributed by atoms with Crippen LogP contribution in [0, 0.1) is 6.92 Å². The second kappa shape index (κ2) is 8.79. The zero-order valence-corrected chi connectivity index (χ0v) is 18.1. The van der Waals surface area contributed by atoms with Crippen molar-refractivity contribution >= 4 is 49.4 Å². The number of nitrogens with zero attached hydrogens (tertiary/aromatic N) is 3. The van der Waals surface area contributed by atoms with E-state index in [2.05, 4.69) is 49.1 Å². The summed E-state index contributed by atoms with van der Waals surface area (Å²) in [5.74, 6) is 0.179. The van der Waals surface area contributed by atoms with E-state index in [0.717, 1.165) is 29.0 Å². The van der Waals surface area contributed by atoms with Crippen LogP contribution in [0.25, 0.3) is 0 Å². The normalized spacial score (nSPS) is 12.2. The van der Waals surface area contributed by atoms with Crippen molar-refractivity contribution in [2.24, 2.45) is 10.1 Å². The van der Waals surface area contributed by atoms with Crippen LogP contribution in [0.3, 0.4) is 0 Å². The molecule has 0 atom stereocenters. The third-order valence-electron chi connectivity index (χ3n) is 3.70. The molecule has 0 saturated heterocycles. The van der Waals surface area contributed by atoms with Gasteiger partial charge in [0.2, 0.25) is 4.80 Å². The van der Waals surface area contributed by atoms with E-state index in [-0.39, 0.29) is 5.75 Å². The van der Waals surface area contributed by atoms with Gasteiger partial charge in [-0.05, 0) is 68.5 Å². The van der Waals surface area contributed by atoms with E-state index in [1.807, 2.05) is 47.3 Å². The predicted molar refractivity (Wildman–Crippen MR) is 114 cm³/mol. The number of phenolic OH excluding ortho intramolecular Hbond substituents is 1. The topological polar surface area (TPSA) is 49.9 Å². The van der Waals surface area contributed by atoms with Crippen LogP contribution in [-0.4, -0.2) is 22.5 Å². The molecule has 26 heavy (non-hydrogen) atoms. The first-order valence-corrected chi connectivity index (χ1v) is 10.4. The molecule has 0 bridgehead atoms. The van der Waals surface area contributed by atoms with Gasteiger partial charge in [-0.3, -0.25) is 4.99 Å². The smallest absolute Gasteiger partial charge is 0.205 e. The zero-order valence-electron chi connectivity index (χ0n) is 14.1. The van der Waals surface area contributed by atoms with Gasteiger partial charge in [0.15, 0.2) is 0 Å². The minimum absolute atomic E-state index is 0.179. The van der Waals surface area contributed by atoms with Crippen molar-refractivity contribution in [1.82, 2.24) is 4.68 Å². The number of aryl methyl sites for hydroxylation is 1. The molecule has 2 aromatic carbocycles. The van der Waals surface area contributed by atoms with Crippen LogP contribution in [0.5, 0.6) is 5.75 Å². The van der Waals surface area contributed by atoms with Gasteiger partial charge in [0.05, 0.1) is 20.9 Å². The summed E-state index contributed by atoms with van der Waals surface area (Å²) in [6.07, 6.45) is 2.66. The summed E-state index contributed by atoms with van der Waals surface area (Å²) in [7, 11) is 0. The third kappa shape index (κ3) is 4.72. The lowest BCUT2D eigenvalue weighted by atomic mass is 10.2. The molecule has 1 aromatic heterocycles. The Labute approximate surface area is 172 Å². The van der Waals surface area contributed by atoms with Crippen molar-refractivity contribution < 1.29 is 5.11 Å². The summed E-state index contributed by atoms with van der Waals surface area (Å²) in [5.41, 5.74) is 3.18. The molecule has 3 rings (SSSR count). The van der Waals surface area contributed by atoms with Gasteiger partial charge in [-0.25, -0.2) is 4.68 Å². The first kappa shape index (κ1) is 19.1. The quantitative estimate of drug-likeness (QED) is 0.492. The molecular weight excluding hydrogens is 478 g/mol. The zero-order chi connectivity index (χ0) is 18.5. The second-order valence-electron chi connectivity index (χ2n) is 5.67. The standard InChI is InChI=1S/C19H17Br2N3OS/c1-13-12-26-19(22-8-7-14-5-3-2-4-6-14)24(13)23-11-15-9-16(20)18(25)17(21)10-15/h2-6,9-12,25H,7-8H2,1H3. The van der Waals surface area contributed by atoms with E-state index in [1.54, 1.807) is 17.6 Å². The maximum absolute atomic E-state index is 9.81. The first-order valence-electron chi connectivity index (χ1n) is 7.98. The maximum atomic E-state index is 9.81. The monoisotopic (exact) mass is 493 g/mol. The van der Waals surface area contributed by atoms with Crippen LogP contribution >= 0.6 is 43.2 Å². The Kier molecular flexibility index (Phi) is 6.45. The molecule has 0 aliphatic rings. The highest BCUT2D eigenvalue weighted by atomic mass is 79.9. The van der Waals surface area contributed by atoms with Crippen LogP contribution in [0.4, 0.5) is 0 Å². The van der Waals surface area contributed by atoms with Crippen molar-refractivity contribution in [1.29, 1.82) is 0 Å². The van der Waals surface area contributed by atoms with Crippen molar-refractivity contribution in [2.45, 2.75) is 13.3 Å². The number of thiazole rings is 1. The number of aromatic hydroxyl groups is 1. The number of hydrogen-bond acceptors (Lipinski definition) is 4. The fraction of sp³-hybridized carbons (Fsp3) is 0.158. The molecule has 7 heteroatoms. The molecule has 0 aliphatic carbocycles.